The van der Waals surface area contributed by atoms with Crippen LogP contribution in [-0.2, 0) is 11.3 Å². The fraction of sp³-hybridized carbons (Fsp3) is 0.450. The summed E-state index contributed by atoms with van der Waals surface area (Å²) >= 11 is 0. The second-order valence-corrected chi connectivity index (χ2v) is 7.51. The number of rotatable bonds is 3. The summed E-state index contributed by atoms with van der Waals surface area (Å²) < 4.78 is 1.80. The molecule has 6 nitrogen and oxygen atoms in total. The molecule has 2 N–H and O–H groups in total. The standard InChI is InChI=1S/C20H24N4O2/c1-12-6-5-8-16(13(12)2)22-18(25)11-24-17-9-4-3-7-14(17)15-10-21-23-20(26)19(15)24/h3-4,7,9-10,12-13,16H,5-6,8,11H2,1-2H3,(H,22,25)(H,23,26)/t12-,13-,16+/m1/s1. The van der Waals surface area contributed by atoms with E-state index in [0.29, 0.717) is 17.4 Å². The van der Waals surface area contributed by atoms with E-state index in [2.05, 4.69) is 29.4 Å². The maximum atomic E-state index is 12.8. The van der Waals surface area contributed by atoms with Gasteiger partial charge in [0, 0.05) is 22.3 Å². The fourth-order valence-corrected chi connectivity index (χ4v) is 4.26. The molecule has 0 radical (unpaired) electrons. The van der Waals surface area contributed by atoms with Crippen LogP contribution in [0.1, 0.15) is 33.1 Å². The molecule has 1 aliphatic carbocycles. The molecule has 0 saturated heterocycles. The average Bonchev–Trinajstić information content (AvgIpc) is 2.94. The maximum Gasteiger partial charge on any atom is 0.288 e. The van der Waals surface area contributed by atoms with E-state index >= 15 is 0 Å². The van der Waals surface area contributed by atoms with E-state index in [-0.39, 0.29) is 24.1 Å². The van der Waals surface area contributed by atoms with Gasteiger partial charge in [-0.2, -0.15) is 5.10 Å². The van der Waals surface area contributed by atoms with Gasteiger partial charge in [0.15, 0.2) is 0 Å². The number of benzene rings is 1. The first kappa shape index (κ1) is 16.8. The summed E-state index contributed by atoms with van der Waals surface area (Å²) in [5, 5.41) is 11.3. The average molecular weight is 352 g/mol. The molecule has 1 amide bonds. The molecule has 1 fully saturated rings. The summed E-state index contributed by atoms with van der Waals surface area (Å²) in [6, 6.07) is 7.95. The normalized spacial score (nSPS) is 23.4. The van der Waals surface area contributed by atoms with Gasteiger partial charge in [0.05, 0.1) is 6.20 Å². The Balaban J connectivity index is 1.68. The molecular weight excluding hydrogens is 328 g/mol. The number of H-pyrrole nitrogens is 1. The van der Waals surface area contributed by atoms with Crippen LogP contribution in [0.4, 0.5) is 0 Å². The second kappa shape index (κ2) is 6.59. The molecule has 136 valence electrons. The van der Waals surface area contributed by atoms with Crippen molar-refractivity contribution in [2.45, 2.75) is 45.7 Å². The number of para-hydroxylation sites is 1. The molecule has 2 aromatic heterocycles. The number of hydrogen-bond donors (Lipinski definition) is 2. The predicted octanol–water partition coefficient (Wildman–Crippen LogP) is 2.82. The van der Waals surface area contributed by atoms with E-state index in [1.165, 1.54) is 6.42 Å². The van der Waals surface area contributed by atoms with Crippen molar-refractivity contribution < 1.29 is 4.79 Å². The highest BCUT2D eigenvalue weighted by molar-refractivity contribution is 6.07. The minimum Gasteiger partial charge on any atom is -0.352 e. The molecule has 3 aromatic rings. The number of amides is 1. The third kappa shape index (κ3) is 2.79. The maximum absolute atomic E-state index is 12.8. The van der Waals surface area contributed by atoms with Crippen LogP contribution in [0.2, 0.25) is 0 Å². The first-order valence-electron chi connectivity index (χ1n) is 9.30. The van der Waals surface area contributed by atoms with Gasteiger partial charge in [-0.25, -0.2) is 5.10 Å². The Morgan fingerprint density at radius 1 is 1.27 bits per heavy atom. The number of aromatic nitrogens is 3. The van der Waals surface area contributed by atoms with E-state index in [9.17, 15) is 9.59 Å². The molecule has 1 aliphatic rings. The van der Waals surface area contributed by atoms with Gasteiger partial charge in [-0.3, -0.25) is 9.59 Å². The van der Waals surface area contributed by atoms with Crippen LogP contribution in [0.15, 0.2) is 35.3 Å². The number of nitrogens with one attached hydrogen (secondary N) is 2. The van der Waals surface area contributed by atoms with Crippen LogP contribution >= 0.6 is 0 Å². The van der Waals surface area contributed by atoms with Crippen LogP contribution in [0.3, 0.4) is 0 Å². The lowest BCUT2D eigenvalue weighted by Crippen LogP contribution is -2.44. The Labute approximate surface area is 151 Å². The van der Waals surface area contributed by atoms with Gasteiger partial charge in [0.2, 0.25) is 5.91 Å². The molecule has 26 heavy (non-hydrogen) atoms. The van der Waals surface area contributed by atoms with Gasteiger partial charge in [-0.15, -0.1) is 0 Å². The Morgan fingerprint density at radius 3 is 2.92 bits per heavy atom. The van der Waals surface area contributed by atoms with E-state index < -0.39 is 0 Å². The van der Waals surface area contributed by atoms with E-state index in [1.54, 1.807) is 10.8 Å². The van der Waals surface area contributed by atoms with Crippen molar-refractivity contribution in [3.05, 3.63) is 40.8 Å². The van der Waals surface area contributed by atoms with Crippen LogP contribution in [-0.4, -0.2) is 26.7 Å². The van der Waals surface area contributed by atoms with Gasteiger partial charge < -0.3 is 9.88 Å². The molecule has 0 aliphatic heterocycles. The Morgan fingerprint density at radius 2 is 2.08 bits per heavy atom. The van der Waals surface area contributed by atoms with Crippen molar-refractivity contribution in [2.24, 2.45) is 11.8 Å². The van der Waals surface area contributed by atoms with Crippen molar-refractivity contribution in [1.82, 2.24) is 20.1 Å². The van der Waals surface area contributed by atoms with Gasteiger partial charge in [-0.05, 0) is 24.3 Å². The Bertz CT molecular complexity index is 1020. The number of carbonyl (C=O) groups excluding carboxylic acids is 1. The largest absolute Gasteiger partial charge is 0.352 e. The second-order valence-electron chi connectivity index (χ2n) is 7.51. The van der Waals surface area contributed by atoms with E-state index in [1.807, 2.05) is 24.3 Å². The molecule has 6 heteroatoms. The molecule has 1 saturated carbocycles. The van der Waals surface area contributed by atoms with E-state index in [4.69, 9.17) is 0 Å². The van der Waals surface area contributed by atoms with Crippen molar-refractivity contribution in [3.8, 4) is 0 Å². The third-order valence-corrected chi connectivity index (χ3v) is 5.94. The van der Waals surface area contributed by atoms with Crippen molar-refractivity contribution in [1.29, 1.82) is 0 Å². The van der Waals surface area contributed by atoms with Crippen LogP contribution in [0, 0.1) is 11.8 Å². The summed E-state index contributed by atoms with van der Waals surface area (Å²) in [7, 11) is 0. The first-order valence-corrected chi connectivity index (χ1v) is 9.30. The van der Waals surface area contributed by atoms with Crippen LogP contribution in [0.5, 0.6) is 0 Å². The van der Waals surface area contributed by atoms with Gasteiger partial charge >= 0.3 is 0 Å². The summed E-state index contributed by atoms with van der Waals surface area (Å²) in [6.45, 7) is 4.60. The first-order chi connectivity index (χ1) is 12.6. The van der Waals surface area contributed by atoms with Gasteiger partial charge in [-0.1, -0.05) is 44.9 Å². The Kier molecular flexibility index (Phi) is 4.26. The summed E-state index contributed by atoms with van der Waals surface area (Å²) in [5.74, 6) is 1.05. The smallest absolute Gasteiger partial charge is 0.288 e. The van der Waals surface area contributed by atoms with Gasteiger partial charge in [0.1, 0.15) is 12.1 Å². The lowest BCUT2D eigenvalue weighted by atomic mass is 9.78. The molecule has 0 bridgehead atoms. The number of fused-ring (bicyclic) bond motifs is 3. The van der Waals surface area contributed by atoms with Crippen molar-refractivity contribution >= 4 is 27.7 Å². The zero-order chi connectivity index (χ0) is 18.3. The highest BCUT2D eigenvalue weighted by Crippen LogP contribution is 2.30. The zero-order valence-corrected chi connectivity index (χ0v) is 15.2. The quantitative estimate of drug-likeness (QED) is 0.761. The highest BCUT2D eigenvalue weighted by Gasteiger charge is 2.28. The zero-order valence-electron chi connectivity index (χ0n) is 15.2. The molecule has 2 heterocycles. The number of aromatic amines is 1. The molecule has 3 atom stereocenters. The topological polar surface area (TPSA) is 79.8 Å². The fourth-order valence-electron chi connectivity index (χ4n) is 4.26. The monoisotopic (exact) mass is 352 g/mol. The molecule has 1 aromatic carbocycles. The molecule has 0 spiro atoms. The van der Waals surface area contributed by atoms with E-state index in [0.717, 1.165) is 29.1 Å². The third-order valence-electron chi connectivity index (χ3n) is 5.94. The Hall–Kier alpha value is -2.63. The minimum atomic E-state index is -0.272. The van der Waals surface area contributed by atoms with Crippen molar-refractivity contribution in [3.63, 3.8) is 0 Å². The molecule has 4 rings (SSSR count). The lowest BCUT2D eigenvalue weighted by molar-refractivity contribution is -0.123. The van der Waals surface area contributed by atoms with Crippen LogP contribution in [0.25, 0.3) is 21.8 Å². The minimum absolute atomic E-state index is 0.0465. The van der Waals surface area contributed by atoms with Crippen molar-refractivity contribution in [2.75, 3.05) is 0 Å². The summed E-state index contributed by atoms with van der Waals surface area (Å²) in [6.07, 6.45) is 5.05. The SMILES string of the molecule is C[C@@H]1[C@H](C)CCC[C@@H]1NC(=O)Cn1c2ccccc2c2cn[nH]c(=O)c21. The number of nitrogens with zero attached hydrogens (tertiary/aromatic N) is 2. The van der Waals surface area contributed by atoms with Crippen LogP contribution < -0.4 is 10.9 Å². The summed E-state index contributed by atoms with van der Waals surface area (Å²) in [5.41, 5.74) is 1.11. The lowest BCUT2D eigenvalue weighted by Gasteiger charge is -2.34. The number of carbonyl (C=O) groups is 1. The number of hydrogen-bond acceptors (Lipinski definition) is 3. The van der Waals surface area contributed by atoms with Gasteiger partial charge in [0.25, 0.3) is 5.56 Å². The summed E-state index contributed by atoms with van der Waals surface area (Å²) in [4.78, 5) is 25.1. The highest BCUT2D eigenvalue weighted by atomic mass is 16.2. The molecule has 0 unspecified atom stereocenters. The molecular formula is C20H24N4O2. The predicted molar refractivity (Wildman–Crippen MR) is 102 cm³/mol.